The molecule has 0 radical (unpaired) electrons. The lowest BCUT2D eigenvalue weighted by Gasteiger charge is -2.23. The molecular formula is C20H21N3O5S. The minimum atomic E-state index is -1.12. The Kier molecular flexibility index (Phi) is 6.61. The molecule has 1 aliphatic rings. The number of thioether (sulfide) groups is 1. The number of benzene rings is 2. The number of nitrogens with one attached hydrogen (secondary N) is 1. The van der Waals surface area contributed by atoms with Crippen molar-refractivity contribution < 1.29 is 24.2 Å². The van der Waals surface area contributed by atoms with Gasteiger partial charge in [0.05, 0.1) is 26.0 Å². The number of methoxy groups -OCH3 is 1. The van der Waals surface area contributed by atoms with E-state index in [0.717, 1.165) is 16.8 Å². The van der Waals surface area contributed by atoms with Gasteiger partial charge in [0.2, 0.25) is 0 Å². The van der Waals surface area contributed by atoms with Gasteiger partial charge in [-0.05, 0) is 42.8 Å². The molecule has 0 saturated carbocycles. The highest BCUT2D eigenvalue weighted by atomic mass is 32.2. The topological polar surface area (TPSA) is 100 Å². The molecule has 2 N–H and O–H groups in total. The van der Waals surface area contributed by atoms with Crippen molar-refractivity contribution in [1.29, 1.82) is 0 Å². The van der Waals surface area contributed by atoms with Crippen molar-refractivity contribution in [1.82, 2.24) is 5.01 Å². The fraction of sp³-hybridized carbons (Fsp3) is 0.250. The predicted octanol–water partition coefficient (Wildman–Crippen LogP) is 4.26. The lowest BCUT2D eigenvalue weighted by Crippen LogP contribution is -2.29. The van der Waals surface area contributed by atoms with Crippen LogP contribution in [0.1, 0.15) is 18.1 Å². The fourth-order valence-electron chi connectivity index (χ4n) is 2.78. The van der Waals surface area contributed by atoms with Crippen LogP contribution in [-0.2, 0) is 6.54 Å². The second-order valence-electron chi connectivity index (χ2n) is 6.08. The van der Waals surface area contributed by atoms with E-state index < -0.39 is 6.09 Å². The van der Waals surface area contributed by atoms with Crippen LogP contribution >= 0.6 is 11.8 Å². The third-order valence-corrected chi connectivity index (χ3v) is 4.99. The molecule has 0 aromatic heterocycles. The number of carbonyl (C=O) groups excluding carboxylic acids is 1. The molecule has 9 heteroatoms. The van der Waals surface area contributed by atoms with Crippen molar-refractivity contribution in [3.8, 4) is 11.5 Å². The van der Waals surface area contributed by atoms with E-state index in [1.54, 1.807) is 31.4 Å². The van der Waals surface area contributed by atoms with Crippen LogP contribution in [0.4, 0.5) is 15.3 Å². The van der Waals surface area contributed by atoms with E-state index in [1.165, 1.54) is 16.8 Å². The Hall–Kier alpha value is -3.20. The van der Waals surface area contributed by atoms with E-state index in [-0.39, 0.29) is 11.8 Å². The number of hydrogen-bond donors (Lipinski definition) is 2. The van der Waals surface area contributed by atoms with Crippen LogP contribution in [0.3, 0.4) is 0 Å². The van der Waals surface area contributed by atoms with Crippen molar-refractivity contribution in [3.63, 3.8) is 0 Å². The summed E-state index contributed by atoms with van der Waals surface area (Å²) in [5, 5.41) is 16.8. The summed E-state index contributed by atoms with van der Waals surface area (Å²) >= 11 is 1.18. The smallest absolute Gasteiger partial charge is 0.409 e. The maximum Gasteiger partial charge on any atom is 0.409 e. The van der Waals surface area contributed by atoms with Crippen molar-refractivity contribution in [3.05, 3.63) is 53.6 Å². The quantitative estimate of drug-likeness (QED) is 0.701. The molecule has 2 aromatic carbocycles. The molecule has 1 aliphatic heterocycles. The summed E-state index contributed by atoms with van der Waals surface area (Å²) in [6.45, 7) is 2.70. The molecule has 2 amide bonds. The van der Waals surface area contributed by atoms with E-state index in [9.17, 15) is 9.59 Å². The fourth-order valence-corrected chi connectivity index (χ4v) is 3.51. The van der Waals surface area contributed by atoms with Gasteiger partial charge in [-0.1, -0.05) is 23.9 Å². The lowest BCUT2D eigenvalue weighted by atomic mass is 10.1. The largest absolute Gasteiger partial charge is 0.493 e. The third-order valence-electron chi connectivity index (χ3n) is 4.12. The zero-order valence-corrected chi connectivity index (χ0v) is 16.9. The summed E-state index contributed by atoms with van der Waals surface area (Å²) in [5.74, 6) is 1.74. The van der Waals surface area contributed by atoms with Crippen LogP contribution in [0, 0.1) is 0 Å². The summed E-state index contributed by atoms with van der Waals surface area (Å²) < 4.78 is 10.9. The Bertz CT molecular complexity index is 930. The average Bonchev–Trinajstić information content (AvgIpc) is 2.71. The molecule has 3 rings (SSSR count). The molecule has 0 fully saturated rings. The maximum atomic E-state index is 12.3. The van der Waals surface area contributed by atoms with E-state index in [0.29, 0.717) is 29.5 Å². The monoisotopic (exact) mass is 415 g/mol. The van der Waals surface area contributed by atoms with E-state index in [2.05, 4.69) is 10.4 Å². The van der Waals surface area contributed by atoms with Crippen LogP contribution in [0.5, 0.6) is 11.5 Å². The second kappa shape index (κ2) is 9.33. The summed E-state index contributed by atoms with van der Waals surface area (Å²) in [4.78, 5) is 23.0. The average molecular weight is 415 g/mol. The molecule has 1 heterocycles. The maximum absolute atomic E-state index is 12.3. The number of carboxylic acid groups (broad SMARTS) is 1. The van der Waals surface area contributed by atoms with Gasteiger partial charge in [0.1, 0.15) is 0 Å². The highest BCUT2D eigenvalue weighted by Gasteiger charge is 2.23. The molecule has 152 valence electrons. The number of amides is 2. The Balaban J connectivity index is 1.80. The molecule has 0 bridgehead atoms. The zero-order valence-electron chi connectivity index (χ0n) is 16.0. The zero-order chi connectivity index (χ0) is 20.8. The standard InChI is InChI=1S/C20H21N3O5S/c1-3-28-18-10-14(6-9-17(18)27-2)16-12-29-20(26)23(22-16)11-13-4-7-15(8-5-13)21-19(24)25/h4-10,21H,3,11-12H2,1-2H3,(H,24,25). The van der Waals surface area contributed by atoms with Gasteiger partial charge in [0.25, 0.3) is 0 Å². The lowest BCUT2D eigenvalue weighted by molar-refractivity contribution is 0.209. The number of carbonyl (C=O) groups is 2. The normalized spacial score (nSPS) is 13.7. The number of rotatable bonds is 7. The first-order chi connectivity index (χ1) is 14.0. The van der Waals surface area contributed by atoms with E-state index in [1.807, 2.05) is 25.1 Å². The number of ether oxygens (including phenoxy) is 2. The molecule has 0 aliphatic carbocycles. The Morgan fingerprint density at radius 3 is 2.66 bits per heavy atom. The third kappa shape index (κ3) is 5.20. The van der Waals surface area contributed by atoms with Crippen molar-refractivity contribution in [2.75, 3.05) is 24.8 Å². The van der Waals surface area contributed by atoms with Gasteiger partial charge in [-0.25, -0.2) is 9.80 Å². The molecular weight excluding hydrogens is 394 g/mol. The molecule has 0 unspecified atom stereocenters. The van der Waals surface area contributed by atoms with E-state index in [4.69, 9.17) is 14.6 Å². The second-order valence-corrected chi connectivity index (χ2v) is 7.01. The van der Waals surface area contributed by atoms with Gasteiger partial charge in [0, 0.05) is 17.0 Å². The number of hydrazone groups is 1. The molecule has 29 heavy (non-hydrogen) atoms. The predicted molar refractivity (Wildman–Crippen MR) is 112 cm³/mol. The highest BCUT2D eigenvalue weighted by molar-refractivity contribution is 8.14. The van der Waals surface area contributed by atoms with Crippen LogP contribution in [0.2, 0.25) is 0 Å². The molecule has 0 spiro atoms. The molecule has 0 atom stereocenters. The molecule has 2 aromatic rings. The molecule has 8 nitrogen and oxygen atoms in total. The van der Waals surface area contributed by atoms with Gasteiger partial charge < -0.3 is 14.6 Å². The van der Waals surface area contributed by atoms with Gasteiger partial charge in [-0.3, -0.25) is 10.1 Å². The number of hydrogen-bond acceptors (Lipinski definition) is 6. The SMILES string of the molecule is CCOc1cc(C2=NN(Cc3ccc(NC(=O)O)cc3)C(=O)SC2)ccc1OC. The number of anilines is 1. The van der Waals surface area contributed by atoms with Gasteiger partial charge in [0.15, 0.2) is 11.5 Å². The summed E-state index contributed by atoms with van der Waals surface area (Å²) in [5.41, 5.74) is 2.93. The first-order valence-corrected chi connectivity index (χ1v) is 9.90. The summed E-state index contributed by atoms with van der Waals surface area (Å²) in [6.07, 6.45) is -1.12. The van der Waals surface area contributed by atoms with E-state index >= 15 is 0 Å². The van der Waals surface area contributed by atoms with Crippen molar-refractivity contribution >= 4 is 34.5 Å². The summed E-state index contributed by atoms with van der Waals surface area (Å²) in [7, 11) is 1.59. The Labute approximate surface area is 172 Å². The van der Waals surface area contributed by atoms with Crippen LogP contribution < -0.4 is 14.8 Å². The highest BCUT2D eigenvalue weighted by Crippen LogP contribution is 2.30. The van der Waals surface area contributed by atoms with Gasteiger partial charge in [-0.15, -0.1) is 0 Å². The molecule has 0 saturated heterocycles. The van der Waals surface area contributed by atoms with Crippen molar-refractivity contribution in [2.24, 2.45) is 5.10 Å². The minimum Gasteiger partial charge on any atom is -0.493 e. The van der Waals surface area contributed by atoms with Crippen LogP contribution in [-0.4, -0.2) is 46.6 Å². The Morgan fingerprint density at radius 1 is 1.24 bits per heavy atom. The van der Waals surface area contributed by atoms with Crippen molar-refractivity contribution in [2.45, 2.75) is 13.5 Å². The van der Waals surface area contributed by atoms with Gasteiger partial charge >= 0.3 is 11.3 Å². The first kappa shape index (κ1) is 20.5. The summed E-state index contributed by atoms with van der Waals surface area (Å²) in [6, 6.07) is 12.4. The first-order valence-electron chi connectivity index (χ1n) is 8.92. The van der Waals surface area contributed by atoms with Crippen LogP contribution in [0.25, 0.3) is 0 Å². The Morgan fingerprint density at radius 2 is 2.00 bits per heavy atom. The number of nitrogens with zero attached hydrogens (tertiary/aromatic N) is 2. The minimum absolute atomic E-state index is 0.139. The van der Waals surface area contributed by atoms with Crippen LogP contribution in [0.15, 0.2) is 47.6 Å². The van der Waals surface area contributed by atoms with Gasteiger partial charge in [-0.2, -0.15) is 5.10 Å².